The number of hydrogen-bond donors (Lipinski definition) is 2. The molecule has 6 heteroatoms. The summed E-state index contributed by atoms with van der Waals surface area (Å²) in [6.07, 6.45) is 3.18. The Morgan fingerprint density at radius 2 is 2.11 bits per heavy atom. The molecule has 0 aliphatic heterocycles. The van der Waals surface area contributed by atoms with Crippen LogP contribution in [0, 0.1) is 0 Å². The summed E-state index contributed by atoms with van der Waals surface area (Å²) in [5.74, 6) is 0.444. The number of aromatic nitrogens is 2. The molecular weight excluding hydrogens is 234 g/mol. The molecule has 0 aromatic carbocycles. The molecule has 2 aliphatic carbocycles. The van der Waals surface area contributed by atoms with E-state index in [0.29, 0.717) is 18.7 Å². The highest BCUT2D eigenvalue weighted by Gasteiger charge is 2.31. The number of amides is 1. The van der Waals surface area contributed by atoms with Crippen LogP contribution < -0.4 is 10.9 Å². The van der Waals surface area contributed by atoms with Gasteiger partial charge in [-0.25, -0.2) is 4.98 Å². The average molecular weight is 247 g/mol. The molecule has 6 nitrogen and oxygen atoms in total. The number of rotatable bonds is 3. The predicted octanol–water partition coefficient (Wildman–Crippen LogP) is 0.109. The first kappa shape index (κ1) is 11.1. The van der Waals surface area contributed by atoms with Crippen LogP contribution >= 0.6 is 0 Å². The Bertz CT molecular complexity index is 574. The second-order valence-electron chi connectivity index (χ2n) is 4.82. The first-order valence-corrected chi connectivity index (χ1v) is 6.08. The van der Waals surface area contributed by atoms with Crippen LogP contribution in [0.5, 0.6) is 0 Å². The van der Waals surface area contributed by atoms with Crippen molar-refractivity contribution in [2.45, 2.75) is 37.6 Å². The van der Waals surface area contributed by atoms with Crippen molar-refractivity contribution in [3.8, 4) is 0 Å². The quantitative estimate of drug-likeness (QED) is 0.792. The summed E-state index contributed by atoms with van der Waals surface area (Å²) in [6, 6.07) is 0.771. The van der Waals surface area contributed by atoms with Crippen LogP contribution in [0.25, 0.3) is 0 Å². The maximum Gasteiger partial charge on any atom is 0.270 e. The van der Waals surface area contributed by atoms with E-state index in [2.05, 4.69) is 15.3 Å². The van der Waals surface area contributed by atoms with E-state index in [-0.39, 0.29) is 23.0 Å². The van der Waals surface area contributed by atoms with Gasteiger partial charge in [-0.1, -0.05) is 0 Å². The SMILES string of the molecule is O=C(NC1CCC1=O)c1cc(=O)[nH]c(C2CC2)n1. The van der Waals surface area contributed by atoms with Crippen LogP contribution in [0.4, 0.5) is 0 Å². The van der Waals surface area contributed by atoms with Gasteiger partial charge in [0.25, 0.3) is 11.5 Å². The molecule has 3 rings (SSSR count). The third-order valence-corrected chi connectivity index (χ3v) is 3.33. The number of ketones is 1. The normalized spacial score (nSPS) is 22.4. The molecule has 1 unspecified atom stereocenters. The first-order valence-electron chi connectivity index (χ1n) is 6.08. The minimum Gasteiger partial charge on any atom is -0.341 e. The number of H-pyrrole nitrogens is 1. The van der Waals surface area contributed by atoms with E-state index >= 15 is 0 Å². The van der Waals surface area contributed by atoms with Crippen LogP contribution in [0.2, 0.25) is 0 Å². The van der Waals surface area contributed by atoms with Crippen LogP contribution in [-0.4, -0.2) is 27.7 Å². The van der Waals surface area contributed by atoms with Gasteiger partial charge in [-0.3, -0.25) is 14.4 Å². The van der Waals surface area contributed by atoms with Crippen molar-refractivity contribution in [3.05, 3.63) is 27.9 Å². The number of carbonyl (C=O) groups is 2. The Hall–Kier alpha value is -1.98. The topological polar surface area (TPSA) is 91.9 Å². The molecule has 18 heavy (non-hydrogen) atoms. The molecule has 2 N–H and O–H groups in total. The molecule has 0 bridgehead atoms. The van der Waals surface area contributed by atoms with Gasteiger partial charge >= 0.3 is 0 Å². The summed E-state index contributed by atoms with van der Waals surface area (Å²) in [4.78, 5) is 41.2. The van der Waals surface area contributed by atoms with Crippen LogP contribution in [0.1, 0.15) is 47.9 Å². The largest absolute Gasteiger partial charge is 0.341 e. The Morgan fingerprint density at radius 1 is 1.33 bits per heavy atom. The lowest BCUT2D eigenvalue weighted by Crippen LogP contribution is -2.47. The fraction of sp³-hybridized carbons (Fsp3) is 0.500. The van der Waals surface area contributed by atoms with Gasteiger partial charge in [0.2, 0.25) is 0 Å². The Labute approximate surface area is 103 Å². The van der Waals surface area contributed by atoms with Crippen molar-refractivity contribution in [2.24, 2.45) is 0 Å². The average Bonchev–Trinajstić information content (AvgIpc) is 3.17. The number of nitrogens with zero attached hydrogens (tertiary/aromatic N) is 1. The van der Waals surface area contributed by atoms with Gasteiger partial charge in [-0.15, -0.1) is 0 Å². The highest BCUT2D eigenvalue weighted by Crippen LogP contribution is 2.37. The van der Waals surface area contributed by atoms with Gasteiger partial charge in [-0.05, 0) is 19.3 Å². The Kier molecular flexibility index (Phi) is 2.50. The van der Waals surface area contributed by atoms with Gasteiger partial charge < -0.3 is 10.3 Å². The number of aromatic amines is 1. The Morgan fingerprint density at radius 3 is 2.67 bits per heavy atom. The van der Waals surface area contributed by atoms with E-state index in [1.54, 1.807) is 0 Å². The van der Waals surface area contributed by atoms with Gasteiger partial charge in [-0.2, -0.15) is 0 Å². The number of hydrogen-bond acceptors (Lipinski definition) is 4. The zero-order valence-electron chi connectivity index (χ0n) is 9.73. The van der Waals surface area contributed by atoms with Gasteiger partial charge in [0.05, 0.1) is 6.04 Å². The van der Waals surface area contributed by atoms with Crippen molar-refractivity contribution in [1.29, 1.82) is 0 Å². The number of Topliss-reactive ketones (excluding diaryl/α,β-unsaturated/α-hetero) is 1. The molecule has 1 aromatic rings. The van der Waals surface area contributed by atoms with E-state index in [0.717, 1.165) is 12.8 Å². The minimum atomic E-state index is -0.443. The van der Waals surface area contributed by atoms with E-state index < -0.39 is 11.9 Å². The summed E-state index contributed by atoms with van der Waals surface area (Å²) < 4.78 is 0. The molecular formula is C12H13N3O3. The second kappa shape index (κ2) is 4.04. The molecule has 0 spiro atoms. The maximum atomic E-state index is 11.9. The third-order valence-electron chi connectivity index (χ3n) is 3.33. The molecule has 0 radical (unpaired) electrons. The van der Waals surface area contributed by atoms with Gasteiger partial charge in [0.15, 0.2) is 5.78 Å². The van der Waals surface area contributed by atoms with Gasteiger partial charge in [0, 0.05) is 18.4 Å². The molecule has 2 saturated carbocycles. The lowest BCUT2D eigenvalue weighted by molar-refractivity contribution is -0.126. The molecule has 1 atom stereocenters. The smallest absolute Gasteiger partial charge is 0.270 e. The lowest BCUT2D eigenvalue weighted by Gasteiger charge is -2.24. The molecule has 0 saturated heterocycles. The summed E-state index contributed by atoms with van der Waals surface area (Å²) >= 11 is 0. The van der Waals surface area contributed by atoms with Crippen LogP contribution in [-0.2, 0) is 4.79 Å². The van der Waals surface area contributed by atoms with E-state index in [9.17, 15) is 14.4 Å². The summed E-state index contributed by atoms with van der Waals surface area (Å²) in [7, 11) is 0. The lowest BCUT2D eigenvalue weighted by atomic mass is 9.91. The van der Waals surface area contributed by atoms with Crippen LogP contribution in [0.15, 0.2) is 10.9 Å². The fourth-order valence-corrected chi connectivity index (χ4v) is 1.93. The fourth-order valence-electron chi connectivity index (χ4n) is 1.93. The number of carbonyl (C=O) groups excluding carboxylic acids is 2. The highest BCUT2D eigenvalue weighted by molar-refractivity contribution is 5.98. The molecule has 2 fully saturated rings. The summed E-state index contributed by atoms with van der Waals surface area (Å²) in [5, 5.41) is 2.59. The summed E-state index contributed by atoms with van der Waals surface area (Å²) in [6.45, 7) is 0. The number of nitrogens with one attached hydrogen (secondary N) is 2. The van der Waals surface area contributed by atoms with E-state index in [1.807, 2.05) is 0 Å². The zero-order valence-corrected chi connectivity index (χ0v) is 9.73. The summed E-state index contributed by atoms with van der Waals surface area (Å²) in [5.41, 5.74) is -0.225. The third kappa shape index (κ3) is 2.05. The minimum absolute atomic E-state index is 0.0376. The molecule has 1 aromatic heterocycles. The monoisotopic (exact) mass is 247 g/mol. The predicted molar refractivity (Wildman–Crippen MR) is 62.3 cm³/mol. The van der Waals surface area contributed by atoms with E-state index in [1.165, 1.54) is 6.07 Å². The van der Waals surface area contributed by atoms with Crippen molar-refractivity contribution in [1.82, 2.24) is 15.3 Å². The molecule has 1 heterocycles. The molecule has 1 amide bonds. The molecule has 2 aliphatic rings. The van der Waals surface area contributed by atoms with E-state index in [4.69, 9.17) is 0 Å². The second-order valence-corrected chi connectivity index (χ2v) is 4.82. The highest BCUT2D eigenvalue weighted by atomic mass is 16.2. The van der Waals surface area contributed by atoms with Crippen LogP contribution in [0.3, 0.4) is 0 Å². The first-order chi connectivity index (χ1) is 8.63. The van der Waals surface area contributed by atoms with Crippen molar-refractivity contribution < 1.29 is 9.59 Å². The maximum absolute atomic E-state index is 11.9. The van der Waals surface area contributed by atoms with Crippen molar-refractivity contribution >= 4 is 11.7 Å². The standard InChI is InChI=1S/C12H13N3O3/c16-9-4-3-7(9)14-12(18)8-5-10(17)15-11(13-8)6-1-2-6/h5-7H,1-4H2,(H,14,18)(H,13,15,17). The Balaban J connectivity index is 1.80. The van der Waals surface area contributed by atoms with Crippen molar-refractivity contribution in [3.63, 3.8) is 0 Å². The zero-order chi connectivity index (χ0) is 12.7. The van der Waals surface area contributed by atoms with Crippen molar-refractivity contribution in [2.75, 3.05) is 0 Å². The molecule has 94 valence electrons. The van der Waals surface area contributed by atoms with Gasteiger partial charge in [0.1, 0.15) is 11.5 Å².